The smallest absolute Gasteiger partial charge is 0.305 e. The molecule has 1 aromatic heterocycles. The summed E-state index contributed by atoms with van der Waals surface area (Å²) in [5.41, 5.74) is -0.189. The zero-order valence-corrected chi connectivity index (χ0v) is 13.3. The summed E-state index contributed by atoms with van der Waals surface area (Å²) >= 11 is 0. The molecule has 0 spiro atoms. The van der Waals surface area contributed by atoms with Gasteiger partial charge in [-0.15, -0.1) is 5.10 Å². The highest BCUT2D eigenvalue weighted by atomic mass is 19.1. The Balaban J connectivity index is 1.68. The van der Waals surface area contributed by atoms with Crippen molar-refractivity contribution >= 4 is 11.9 Å². The highest BCUT2D eigenvalue weighted by Crippen LogP contribution is 2.23. The van der Waals surface area contributed by atoms with Crippen LogP contribution in [0.1, 0.15) is 28.9 Å². The molecule has 1 aromatic carbocycles. The van der Waals surface area contributed by atoms with Gasteiger partial charge in [0.1, 0.15) is 5.82 Å². The molecule has 0 bridgehead atoms. The van der Waals surface area contributed by atoms with E-state index < -0.39 is 17.4 Å². The first-order valence-corrected chi connectivity index (χ1v) is 7.72. The van der Waals surface area contributed by atoms with Crippen molar-refractivity contribution in [2.45, 2.75) is 24.9 Å². The lowest BCUT2D eigenvalue weighted by Crippen LogP contribution is -2.50. The number of carbonyl (C=O) groups excluding carboxylic acids is 1. The largest absolute Gasteiger partial charge is 0.481 e. The summed E-state index contributed by atoms with van der Waals surface area (Å²) in [4.78, 5) is 23.4. The maximum Gasteiger partial charge on any atom is 0.305 e. The van der Waals surface area contributed by atoms with E-state index in [1.165, 1.54) is 23.0 Å². The summed E-state index contributed by atoms with van der Waals surface area (Å²) in [6.45, 7) is 0.795. The average molecular weight is 348 g/mol. The van der Waals surface area contributed by atoms with Crippen LogP contribution in [-0.4, -0.2) is 50.7 Å². The SMILES string of the molecule is O=C(O)CC1(NC(=O)c2cn(Cc3cccc(F)c3)nn2)CCOC1. The summed E-state index contributed by atoms with van der Waals surface area (Å²) < 4.78 is 19.9. The second-order valence-corrected chi connectivity index (χ2v) is 6.04. The van der Waals surface area contributed by atoms with E-state index in [9.17, 15) is 14.0 Å². The Morgan fingerprint density at radius 1 is 1.44 bits per heavy atom. The van der Waals surface area contributed by atoms with E-state index in [1.807, 2.05) is 0 Å². The quantitative estimate of drug-likeness (QED) is 0.801. The van der Waals surface area contributed by atoms with Crippen LogP contribution < -0.4 is 5.32 Å². The Morgan fingerprint density at radius 3 is 2.96 bits per heavy atom. The number of carboxylic acids is 1. The average Bonchev–Trinajstić information content (AvgIpc) is 3.16. The maximum atomic E-state index is 13.2. The van der Waals surface area contributed by atoms with Gasteiger partial charge in [-0.05, 0) is 24.1 Å². The number of benzene rings is 1. The normalized spacial score (nSPS) is 19.7. The Bertz CT molecular complexity index is 786. The van der Waals surface area contributed by atoms with E-state index in [0.717, 1.165) is 0 Å². The van der Waals surface area contributed by atoms with Gasteiger partial charge in [0.2, 0.25) is 0 Å². The van der Waals surface area contributed by atoms with E-state index in [1.54, 1.807) is 12.1 Å². The first-order chi connectivity index (χ1) is 12.0. The molecule has 1 atom stereocenters. The van der Waals surface area contributed by atoms with Gasteiger partial charge in [0.15, 0.2) is 5.69 Å². The second kappa shape index (κ2) is 6.98. The minimum atomic E-state index is -1.01. The molecular weight excluding hydrogens is 331 g/mol. The first kappa shape index (κ1) is 17.0. The van der Waals surface area contributed by atoms with Crippen molar-refractivity contribution in [3.63, 3.8) is 0 Å². The Morgan fingerprint density at radius 2 is 2.28 bits per heavy atom. The molecule has 1 amide bonds. The molecule has 0 saturated carbocycles. The number of hydrogen-bond donors (Lipinski definition) is 2. The molecule has 3 rings (SSSR count). The maximum absolute atomic E-state index is 13.2. The van der Waals surface area contributed by atoms with Crippen molar-refractivity contribution < 1.29 is 23.8 Å². The molecule has 9 heteroatoms. The highest BCUT2D eigenvalue weighted by molar-refractivity contribution is 5.92. The molecule has 1 saturated heterocycles. The fourth-order valence-electron chi connectivity index (χ4n) is 2.79. The number of hydrogen-bond acceptors (Lipinski definition) is 5. The van der Waals surface area contributed by atoms with Crippen molar-refractivity contribution in [1.29, 1.82) is 0 Å². The third-order valence-electron chi connectivity index (χ3n) is 3.98. The van der Waals surface area contributed by atoms with Gasteiger partial charge in [-0.25, -0.2) is 9.07 Å². The van der Waals surface area contributed by atoms with Gasteiger partial charge in [0, 0.05) is 6.61 Å². The summed E-state index contributed by atoms with van der Waals surface area (Å²) in [6.07, 6.45) is 1.63. The van der Waals surface area contributed by atoms with Crippen LogP contribution in [0.3, 0.4) is 0 Å². The molecule has 2 heterocycles. The second-order valence-electron chi connectivity index (χ2n) is 6.04. The molecule has 1 unspecified atom stereocenters. The standard InChI is InChI=1S/C16H17FN4O4/c17-12-3-1-2-11(6-12)8-21-9-13(19-20-21)15(24)18-16(7-14(22)23)4-5-25-10-16/h1-3,6,9H,4-5,7-8,10H2,(H,18,24)(H,22,23). The van der Waals surface area contributed by atoms with Crippen molar-refractivity contribution in [3.05, 3.63) is 47.5 Å². The molecule has 2 N–H and O–H groups in total. The third kappa shape index (κ3) is 4.18. The minimum absolute atomic E-state index is 0.0630. The summed E-state index contributed by atoms with van der Waals surface area (Å²) in [5.74, 6) is -1.88. The Labute approximate surface area is 142 Å². The number of ether oxygens (including phenoxy) is 1. The molecule has 1 aliphatic heterocycles. The molecule has 25 heavy (non-hydrogen) atoms. The van der Waals surface area contributed by atoms with Crippen LogP contribution in [0.2, 0.25) is 0 Å². The van der Waals surface area contributed by atoms with E-state index in [2.05, 4.69) is 15.6 Å². The van der Waals surface area contributed by atoms with Gasteiger partial charge in [-0.2, -0.15) is 0 Å². The molecule has 0 aliphatic carbocycles. The van der Waals surface area contributed by atoms with Gasteiger partial charge < -0.3 is 15.2 Å². The topological polar surface area (TPSA) is 106 Å². The number of carboxylic acid groups (broad SMARTS) is 1. The fraction of sp³-hybridized carbons (Fsp3) is 0.375. The van der Waals surface area contributed by atoms with Crippen LogP contribution in [0, 0.1) is 5.82 Å². The fourth-order valence-corrected chi connectivity index (χ4v) is 2.79. The number of aromatic nitrogens is 3. The van der Waals surface area contributed by atoms with Gasteiger partial charge in [0.05, 0.1) is 31.3 Å². The van der Waals surface area contributed by atoms with Gasteiger partial charge in [-0.1, -0.05) is 17.3 Å². The summed E-state index contributed by atoms with van der Waals surface area (Å²) in [6, 6.07) is 6.04. The van der Waals surface area contributed by atoms with Crippen molar-refractivity contribution in [1.82, 2.24) is 20.3 Å². The number of aliphatic carboxylic acids is 1. The zero-order valence-electron chi connectivity index (χ0n) is 13.3. The van der Waals surface area contributed by atoms with E-state index in [4.69, 9.17) is 9.84 Å². The zero-order chi connectivity index (χ0) is 17.9. The molecule has 132 valence electrons. The molecule has 1 fully saturated rings. The highest BCUT2D eigenvalue weighted by Gasteiger charge is 2.39. The van der Waals surface area contributed by atoms with E-state index >= 15 is 0 Å². The van der Waals surface area contributed by atoms with Gasteiger partial charge in [0.25, 0.3) is 5.91 Å². The van der Waals surface area contributed by atoms with Gasteiger partial charge in [-0.3, -0.25) is 9.59 Å². The predicted octanol–water partition coefficient (Wildman–Crippen LogP) is 0.829. The molecule has 8 nitrogen and oxygen atoms in total. The van der Waals surface area contributed by atoms with Crippen LogP contribution in [0.5, 0.6) is 0 Å². The predicted molar refractivity (Wildman–Crippen MR) is 83.4 cm³/mol. The summed E-state index contributed by atoms with van der Waals surface area (Å²) in [5, 5.41) is 19.4. The number of carbonyl (C=O) groups is 2. The van der Waals surface area contributed by atoms with Gasteiger partial charge >= 0.3 is 5.97 Å². The minimum Gasteiger partial charge on any atom is -0.481 e. The van der Waals surface area contributed by atoms with E-state index in [-0.39, 0.29) is 31.1 Å². The van der Waals surface area contributed by atoms with Crippen molar-refractivity contribution in [3.8, 4) is 0 Å². The first-order valence-electron chi connectivity index (χ1n) is 7.72. The lowest BCUT2D eigenvalue weighted by atomic mass is 9.94. The van der Waals surface area contributed by atoms with Crippen LogP contribution >= 0.6 is 0 Å². The van der Waals surface area contributed by atoms with Crippen LogP contribution in [0.15, 0.2) is 30.5 Å². The molecule has 0 radical (unpaired) electrons. The number of nitrogens with zero attached hydrogens (tertiary/aromatic N) is 3. The number of halogens is 1. The van der Waals surface area contributed by atoms with Crippen LogP contribution in [0.25, 0.3) is 0 Å². The van der Waals surface area contributed by atoms with Crippen LogP contribution in [0.4, 0.5) is 4.39 Å². The Hall–Kier alpha value is -2.81. The number of nitrogens with one attached hydrogen (secondary N) is 1. The summed E-state index contributed by atoms with van der Waals surface area (Å²) in [7, 11) is 0. The Kier molecular flexibility index (Phi) is 4.75. The number of rotatable bonds is 6. The lowest BCUT2D eigenvalue weighted by Gasteiger charge is -2.26. The van der Waals surface area contributed by atoms with Crippen molar-refractivity contribution in [2.24, 2.45) is 0 Å². The van der Waals surface area contributed by atoms with Crippen LogP contribution in [-0.2, 0) is 16.1 Å². The lowest BCUT2D eigenvalue weighted by molar-refractivity contribution is -0.138. The monoisotopic (exact) mass is 348 g/mol. The van der Waals surface area contributed by atoms with Crippen molar-refractivity contribution in [2.75, 3.05) is 13.2 Å². The van der Waals surface area contributed by atoms with E-state index in [0.29, 0.717) is 18.6 Å². The number of amides is 1. The molecular formula is C16H17FN4O4. The molecule has 1 aliphatic rings. The molecule has 2 aromatic rings. The third-order valence-corrected chi connectivity index (χ3v) is 3.98.